The molecule has 1 aliphatic heterocycles. The molecule has 1 unspecified atom stereocenters. The highest BCUT2D eigenvalue weighted by Gasteiger charge is 2.23. The van der Waals surface area contributed by atoms with Crippen LogP contribution in [0.1, 0.15) is 37.8 Å². The minimum atomic E-state index is 0.499. The molecule has 0 aromatic heterocycles. The van der Waals surface area contributed by atoms with Crippen LogP contribution in [0.5, 0.6) is 0 Å². The number of hydrogen-bond donors (Lipinski definition) is 1. The number of likely N-dealkylation sites (tertiary alicyclic amines) is 1. The van der Waals surface area contributed by atoms with E-state index in [2.05, 4.69) is 52.0 Å². The van der Waals surface area contributed by atoms with E-state index >= 15 is 0 Å². The van der Waals surface area contributed by atoms with Crippen LogP contribution in [-0.2, 0) is 0 Å². The van der Waals surface area contributed by atoms with Crippen molar-refractivity contribution in [3.8, 4) is 0 Å². The average molecular weight is 311 g/mol. The summed E-state index contributed by atoms with van der Waals surface area (Å²) in [5, 5.41) is 0. The van der Waals surface area contributed by atoms with Crippen molar-refractivity contribution in [2.45, 2.75) is 32.2 Å². The third-order valence-corrected chi connectivity index (χ3v) is 4.85. The maximum atomic E-state index is 5.64. The van der Waals surface area contributed by atoms with Crippen LogP contribution in [-0.4, -0.2) is 24.5 Å². The van der Waals surface area contributed by atoms with Gasteiger partial charge >= 0.3 is 0 Å². The van der Waals surface area contributed by atoms with Gasteiger partial charge in [0.25, 0.3) is 0 Å². The summed E-state index contributed by atoms with van der Waals surface area (Å²) < 4.78 is 1.22. The maximum absolute atomic E-state index is 5.64. The van der Waals surface area contributed by atoms with Gasteiger partial charge in [-0.25, -0.2) is 0 Å². The molecule has 1 fully saturated rings. The molecule has 1 heterocycles. The Bertz CT molecular complexity index is 373. The summed E-state index contributed by atoms with van der Waals surface area (Å²) in [5.41, 5.74) is 7.04. The molecule has 2 rings (SSSR count). The van der Waals surface area contributed by atoms with Crippen LogP contribution < -0.4 is 5.73 Å². The Hall–Kier alpha value is -0.380. The zero-order valence-corrected chi connectivity index (χ0v) is 12.7. The molecule has 1 saturated heterocycles. The molecule has 2 nitrogen and oxygen atoms in total. The van der Waals surface area contributed by atoms with Gasteiger partial charge in [0.05, 0.1) is 0 Å². The Labute approximate surface area is 119 Å². The van der Waals surface area contributed by atoms with E-state index in [0.29, 0.717) is 6.04 Å². The molecule has 1 aromatic rings. The minimum Gasteiger partial charge on any atom is -0.330 e. The zero-order chi connectivity index (χ0) is 13.0. The standard InChI is InChI=1S/C15H23BrN2/c1-12(14-4-2-3-5-15(14)16)18-10-7-13(6-9-17)8-11-18/h2-5,12-13H,6-11,17H2,1H3. The SMILES string of the molecule is CC(c1ccccc1Br)N1CCC(CCN)CC1. The predicted octanol–water partition coefficient (Wildman–Crippen LogP) is 3.57. The first kappa shape index (κ1) is 14.0. The number of nitrogens with two attached hydrogens (primary N) is 1. The lowest BCUT2D eigenvalue weighted by atomic mass is 9.92. The van der Waals surface area contributed by atoms with Gasteiger partial charge in [-0.1, -0.05) is 34.1 Å². The summed E-state index contributed by atoms with van der Waals surface area (Å²) in [6.45, 7) is 5.55. The topological polar surface area (TPSA) is 29.3 Å². The Morgan fingerprint density at radius 1 is 1.33 bits per heavy atom. The van der Waals surface area contributed by atoms with Gasteiger partial charge in [0, 0.05) is 10.5 Å². The van der Waals surface area contributed by atoms with Crippen molar-refractivity contribution in [3.05, 3.63) is 34.3 Å². The molecule has 0 spiro atoms. The van der Waals surface area contributed by atoms with E-state index in [9.17, 15) is 0 Å². The molecular weight excluding hydrogens is 288 g/mol. The first-order valence-electron chi connectivity index (χ1n) is 6.91. The van der Waals surface area contributed by atoms with Crippen LogP contribution in [0.15, 0.2) is 28.7 Å². The van der Waals surface area contributed by atoms with E-state index in [4.69, 9.17) is 5.73 Å². The molecule has 2 N–H and O–H groups in total. The number of rotatable bonds is 4. The number of nitrogens with zero attached hydrogens (tertiary/aromatic N) is 1. The van der Waals surface area contributed by atoms with Crippen molar-refractivity contribution in [2.24, 2.45) is 11.7 Å². The van der Waals surface area contributed by atoms with Gasteiger partial charge < -0.3 is 5.73 Å². The first-order chi connectivity index (χ1) is 8.72. The molecule has 100 valence electrons. The van der Waals surface area contributed by atoms with Crippen molar-refractivity contribution in [1.29, 1.82) is 0 Å². The normalized spacial score (nSPS) is 19.9. The Balaban J connectivity index is 1.95. The number of halogens is 1. The third kappa shape index (κ3) is 3.34. The van der Waals surface area contributed by atoms with Crippen LogP contribution in [0.3, 0.4) is 0 Å². The molecule has 0 bridgehead atoms. The van der Waals surface area contributed by atoms with Crippen LogP contribution in [0.2, 0.25) is 0 Å². The van der Waals surface area contributed by atoms with Crippen LogP contribution >= 0.6 is 15.9 Å². The molecule has 1 atom stereocenters. The summed E-state index contributed by atoms with van der Waals surface area (Å²) in [5.74, 6) is 0.845. The predicted molar refractivity (Wildman–Crippen MR) is 80.5 cm³/mol. The van der Waals surface area contributed by atoms with Crippen molar-refractivity contribution < 1.29 is 0 Å². The summed E-state index contributed by atoms with van der Waals surface area (Å²) in [6.07, 6.45) is 3.79. The van der Waals surface area contributed by atoms with Crippen molar-refractivity contribution in [2.75, 3.05) is 19.6 Å². The summed E-state index contributed by atoms with van der Waals surface area (Å²) in [4.78, 5) is 2.59. The van der Waals surface area contributed by atoms with E-state index in [1.165, 1.54) is 42.4 Å². The van der Waals surface area contributed by atoms with Gasteiger partial charge in [0.2, 0.25) is 0 Å². The minimum absolute atomic E-state index is 0.499. The molecule has 1 aliphatic rings. The number of hydrogen-bond acceptors (Lipinski definition) is 2. The molecule has 0 saturated carbocycles. The van der Waals surface area contributed by atoms with Crippen LogP contribution in [0.4, 0.5) is 0 Å². The van der Waals surface area contributed by atoms with Crippen molar-refractivity contribution in [3.63, 3.8) is 0 Å². The largest absolute Gasteiger partial charge is 0.330 e. The Morgan fingerprint density at radius 3 is 2.61 bits per heavy atom. The molecule has 0 amide bonds. The lowest BCUT2D eigenvalue weighted by Crippen LogP contribution is -2.36. The zero-order valence-electron chi connectivity index (χ0n) is 11.1. The molecule has 3 heteroatoms. The van der Waals surface area contributed by atoms with E-state index in [0.717, 1.165) is 12.5 Å². The molecule has 1 aromatic carbocycles. The number of piperidine rings is 1. The lowest BCUT2D eigenvalue weighted by Gasteiger charge is -2.36. The molecular formula is C15H23BrN2. The average Bonchev–Trinajstić information content (AvgIpc) is 2.40. The van der Waals surface area contributed by atoms with Crippen molar-refractivity contribution >= 4 is 15.9 Å². The monoisotopic (exact) mass is 310 g/mol. The fourth-order valence-corrected chi connectivity index (χ4v) is 3.49. The Morgan fingerprint density at radius 2 is 2.00 bits per heavy atom. The second kappa shape index (κ2) is 6.69. The fraction of sp³-hybridized carbons (Fsp3) is 0.600. The number of benzene rings is 1. The summed E-state index contributed by atoms with van der Waals surface area (Å²) in [6, 6.07) is 9.05. The maximum Gasteiger partial charge on any atom is 0.0331 e. The molecule has 18 heavy (non-hydrogen) atoms. The lowest BCUT2D eigenvalue weighted by molar-refractivity contribution is 0.138. The van der Waals surface area contributed by atoms with Crippen molar-refractivity contribution in [1.82, 2.24) is 4.90 Å². The van der Waals surface area contributed by atoms with E-state index in [1.807, 2.05) is 0 Å². The Kier molecular flexibility index (Phi) is 5.22. The van der Waals surface area contributed by atoms with E-state index in [1.54, 1.807) is 0 Å². The highest BCUT2D eigenvalue weighted by molar-refractivity contribution is 9.10. The summed E-state index contributed by atoms with van der Waals surface area (Å²) >= 11 is 3.66. The van der Waals surface area contributed by atoms with E-state index < -0.39 is 0 Å². The highest BCUT2D eigenvalue weighted by atomic mass is 79.9. The second-order valence-electron chi connectivity index (χ2n) is 5.25. The fourth-order valence-electron chi connectivity index (χ4n) is 2.88. The van der Waals surface area contributed by atoms with Crippen LogP contribution in [0.25, 0.3) is 0 Å². The highest BCUT2D eigenvalue weighted by Crippen LogP contribution is 2.31. The quantitative estimate of drug-likeness (QED) is 0.921. The smallest absolute Gasteiger partial charge is 0.0331 e. The van der Waals surface area contributed by atoms with Gasteiger partial charge in [-0.2, -0.15) is 0 Å². The molecule has 0 aliphatic carbocycles. The van der Waals surface area contributed by atoms with E-state index in [-0.39, 0.29) is 0 Å². The summed E-state index contributed by atoms with van der Waals surface area (Å²) in [7, 11) is 0. The van der Waals surface area contributed by atoms with Crippen LogP contribution in [0, 0.1) is 5.92 Å². The molecule has 0 radical (unpaired) electrons. The van der Waals surface area contributed by atoms with Gasteiger partial charge in [-0.3, -0.25) is 4.90 Å². The van der Waals surface area contributed by atoms with Gasteiger partial charge in [-0.05, 0) is 63.4 Å². The van der Waals surface area contributed by atoms with Gasteiger partial charge in [0.1, 0.15) is 0 Å². The van der Waals surface area contributed by atoms with Gasteiger partial charge in [0.15, 0.2) is 0 Å². The second-order valence-corrected chi connectivity index (χ2v) is 6.11. The first-order valence-corrected chi connectivity index (χ1v) is 7.70. The third-order valence-electron chi connectivity index (χ3n) is 4.13. The van der Waals surface area contributed by atoms with Gasteiger partial charge in [-0.15, -0.1) is 0 Å².